The number of para-hydroxylation sites is 2. The monoisotopic (exact) mass is 457 g/mol. The standard InChI is InChI=1S/C26H27N5O3/c1-17-15-28-31-24(14-21(29-25(17)31)19-6-2-4-8-22(19)32)27-16-18-10-12-30(13-11-18)26(34)20-7-3-5-9-23(20)33/h2-9,14-15,18,27,32-33H,10-13,16H2,1H3. The smallest absolute Gasteiger partial charge is 0.257 e. The number of nitrogens with one attached hydrogen (secondary N) is 1. The normalized spacial score (nSPS) is 14.4. The molecule has 0 bridgehead atoms. The second-order valence-corrected chi connectivity index (χ2v) is 8.74. The summed E-state index contributed by atoms with van der Waals surface area (Å²) in [4.78, 5) is 19.3. The van der Waals surface area contributed by atoms with Gasteiger partial charge in [-0.25, -0.2) is 4.98 Å². The third kappa shape index (κ3) is 4.14. The molecule has 3 N–H and O–H groups in total. The van der Waals surface area contributed by atoms with E-state index in [0.29, 0.717) is 35.8 Å². The number of likely N-dealkylation sites (tertiary alicyclic amines) is 1. The maximum absolute atomic E-state index is 12.8. The van der Waals surface area contributed by atoms with E-state index in [9.17, 15) is 15.0 Å². The third-order valence-electron chi connectivity index (χ3n) is 6.44. The van der Waals surface area contributed by atoms with Crippen molar-refractivity contribution in [2.75, 3.05) is 25.0 Å². The van der Waals surface area contributed by atoms with Gasteiger partial charge in [0, 0.05) is 36.8 Å². The molecule has 1 aliphatic rings. The minimum absolute atomic E-state index is 0.0211. The number of aromatic nitrogens is 3. The highest BCUT2D eigenvalue weighted by Gasteiger charge is 2.25. The average molecular weight is 458 g/mol. The molecule has 174 valence electrons. The van der Waals surface area contributed by atoms with E-state index in [0.717, 1.165) is 36.4 Å². The van der Waals surface area contributed by atoms with Crippen LogP contribution >= 0.6 is 0 Å². The van der Waals surface area contributed by atoms with Crippen molar-refractivity contribution in [3.63, 3.8) is 0 Å². The molecule has 0 aliphatic carbocycles. The summed E-state index contributed by atoms with van der Waals surface area (Å²) in [5.74, 6) is 1.28. The van der Waals surface area contributed by atoms with Gasteiger partial charge in [0.25, 0.3) is 5.91 Å². The number of aromatic hydroxyl groups is 2. The van der Waals surface area contributed by atoms with Crippen LogP contribution in [0.2, 0.25) is 0 Å². The molecule has 3 heterocycles. The van der Waals surface area contributed by atoms with Gasteiger partial charge in [-0.05, 0) is 49.9 Å². The van der Waals surface area contributed by atoms with E-state index in [1.165, 1.54) is 0 Å². The van der Waals surface area contributed by atoms with Gasteiger partial charge in [-0.1, -0.05) is 24.3 Å². The molecule has 4 aromatic rings. The molecule has 0 atom stereocenters. The van der Waals surface area contributed by atoms with Crippen LogP contribution < -0.4 is 5.32 Å². The molecule has 0 unspecified atom stereocenters. The van der Waals surface area contributed by atoms with Crippen LogP contribution in [0.3, 0.4) is 0 Å². The first-order chi connectivity index (χ1) is 16.5. The van der Waals surface area contributed by atoms with Crippen molar-refractivity contribution in [2.45, 2.75) is 19.8 Å². The number of rotatable bonds is 5. The first-order valence-electron chi connectivity index (χ1n) is 11.5. The fourth-order valence-electron chi connectivity index (χ4n) is 4.44. The van der Waals surface area contributed by atoms with Crippen molar-refractivity contribution < 1.29 is 15.0 Å². The van der Waals surface area contributed by atoms with Crippen LogP contribution in [0.5, 0.6) is 11.5 Å². The lowest BCUT2D eigenvalue weighted by Gasteiger charge is -2.32. The van der Waals surface area contributed by atoms with Gasteiger partial charge in [0.15, 0.2) is 5.65 Å². The second kappa shape index (κ2) is 9.05. The molecule has 2 aromatic carbocycles. The van der Waals surface area contributed by atoms with Gasteiger partial charge in [-0.3, -0.25) is 4.79 Å². The van der Waals surface area contributed by atoms with Crippen LogP contribution in [0.1, 0.15) is 28.8 Å². The Kier molecular flexibility index (Phi) is 5.79. The van der Waals surface area contributed by atoms with Crippen molar-refractivity contribution in [2.24, 2.45) is 5.92 Å². The number of piperidine rings is 1. The fourth-order valence-corrected chi connectivity index (χ4v) is 4.44. The largest absolute Gasteiger partial charge is 0.507 e. The predicted octanol–water partition coefficient (Wildman–Crippen LogP) is 4.08. The summed E-state index contributed by atoms with van der Waals surface area (Å²) >= 11 is 0. The Morgan fingerprint density at radius 1 is 1.06 bits per heavy atom. The highest BCUT2D eigenvalue weighted by molar-refractivity contribution is 5.96. The topological polar surface area (TPSA) is 103 Å². The van der Waals surface area contributed by atoms with Gasteiger partial charge in [-0.15, -0.1) is 0 Å². The highest BCUT2D eigenvalue weighted by Crippen LogP contribution is 2.30. The number of hydrogen-bond donors (Lipinski definition) is 3. The number of carbonyl (C=O) groups is 1. The van der Waals surface area contributed by atoms with Crippen LogP contribution in [-0.4, -0.2) is 55.3 Å². The van der Waals surface area contributed by atoms with E-state index < -0.39 is 0 Å². The lowest BCUT2D eigenvalue weighted by atomic mass is 9.96. The Morgan fingerprint density at radius 2 is 1.76 bits per heavy atom. The fraction of sp³-hybridized carbons (Fsp3) is 0.269. The number of benzene rings is 2. The molecule has 2 aromatic heterocycles. The molecule has 5 rings (SSSR count). The third-order valence-corrected chi connectivity index (χ3v) is 6.44. The molecular weight excluding hydrogens is 430 g/mol. The van der Waals surface area contributed by atoms with Gasteiger partial charge in [-0.2, -0.15) is 9.61 Å². The number of amides is 1. The molecule has 0 radical (unpaired) electrons. The molecule has 1 aliphatic heterocycles. The van der Waals surface area contributed by atoms with E-state index in [1.807, 2.05) is 30.0 Å². The maximum atomic E-state index is 12.8. The molecule has 8 heteroatoms. The van der Waals surface area contributed by atoms with E-state index in [-0.39, 0.29) is 17.4 Å². The summed E-state index contributed by atoms with van der Waals surface area (Å²) < 4.78 is 1.79. The van der Waals surface area contributed by atoms with Crippen molar-refractivity contribution in [3.05, 3.63) is 71.9 Å². The van der Waals surface area contributed by atoms with Crippen molar-refractivity contribution in [1.82, 2.24) is 19.5 Å². The zero-order chi connectivity index (χ0) is 23.7. The number of fused-ring (bicyclic) bond motifs is 1. The van der Waals surface area contributed by atoms with Gasteiger partial charge in [0.1, 0.15) is 17.3 Å². The van der Waals surface area contributed by atoms with E-state index in [4.69, 9.17) is 4.98 Å². The van der Waals surface area contributed by atoms with Crippen LogP contribution in [0.15, 0.2) is 60.8 Å². The minimum Gasteiger partial charge on any atom is -0.507 e. The quantitative estimate of drug-likeness (QED) is 0.417. The highest BCUT2D eigenvalue weighted by atomic mass is 16.3. The van der Waals surface area contributed by atoms with Crippen LogP contribution in [0, 0.1) is 12.8 Å². The number of phenolic OH excluding ortho intramolecular Hbond substituents is 2. The van der Waals surface area contributed by atoms with E-state index >= 15 is 0 Å². The predicted molar refractivity (Wildman–Crippen MR) is 130 cm³/mol. The number of phenols is 2. The summed E-state index contributed by atoms with van der Waals surface area (Å²) in [5.41, 5.74) is 3.40. The van der Waals surface area contributed by atoms with Crippen LogP contribution in [0.4, 0.5) is 5.82 Å². The molecule has 1 fully saturated rings. The minimum atomic E-state index is -0.125. The zero-order valence-electron chi connectivity index (χ0n) is 19.0. The molecular formula is C26H27N5O3. The summed E-state index contributed by atoms with van der Waals surface area (Å²) in [6, 6.07) is 15.8. The van der Waals surface area contributed by atoms with Crippen LogP contribution in [-0.2, 0) is 0 Å². The van der Waals surface area contributed by atoms with Crippen molar-refractivity contribution >= 4 is 17.4 Å². The first-order valence-corrected chi connectivity index (χ1v) is 11.5. The van der Waals surface area contributed by atoms with E-state index in [2.05, 4.69) is 10.4 Å². The Balaban J connectivity index is 1.29. The van der Waals surface area contributed by atoms with Gasteiger partial charge in [0.05, 0.1) is 17.5 Å². The molecule has 0 spiro atoms. The number of aryl methyl sites for hydroxylation is 1. The maximum Gasteiger partial charge on any atom is 0.257 e. The van der Waals surface area contributed by atoms with Gasteiger partial charge in [0.2, 0.25) is 0 Å². The number of carbonyl (C=O) groups excluding carboxylic acids is 1. The molecule has 1 saturated heterocycles. The Morgan fingerprint density at radius 3 is 2.50 bits per heavy atom. The average Bonchev–Trinajstić information content (AvgIpc) is 3.24. The summed E-state index contributed by atoms with van der Waals surface area (Å²) in [6.07, 6.45) is 3.52. The zero-order valence-corrected chi connectivity index (χ0v) is 19.0. The number of hydrogen-bond acceptors (Lipinski definition) is 6. The van der Waals surface area contributed by atoms with E-state index in [1.54, 1.807) is 47.1 Å². The summed E-state index contributed by atoms with van der Waals surface area (Å²) in [6.45, 7) is 3.99. The van der Waals surface area contributed by atoms with Crippen molar-refractivity contribution in [1.29, 1.82) is 0 Å². The first kappa shape index (κ1) is 21.8. The summed E-state index contributed by atoms with van der Waals surface area (Å²) in [5, 5.41) is 28.3. The van der Waals surface area contributed by atoms with Gasteiger partial charge >= 0.3 is 0 Å². The second-order valence-electron chi connectivity index (χ2n) is 8.74. The molecule has 1 amide bonds. The Labute approximate surface area is 197 Å². The molecule has 34 heavy (non-hydrogen) atoms. The van der Waals surface area contributed by atoms with Crippen molar-refractivity contribution in [3.8, 4) is 22.8 Å². The lowest BCUT2D eigenvalue weighted by molar-refractivity contribution is 0.0692. The molecule has 0 saturated carbocycles. The number of anilines is 1. The Hall–Kier alpha value is -4.07. The summed E-state index contributed by atoms with van der Waals surface area (Å²) in [7, 11) is 0. The number of nitrogens with zero attached hydrogens (tertiary/aromatic N) is 4. The van der Waals surface area contributed by atoms with Gasteiger partial charge < -0.3 is 20.4 Å². The lowest BCUT2D eigenvalue weighted by Crippen LogP contribution is -2.40. The Bertz CT molecular complexity index is 1340. The van der Waals surface area contributed by atoms with Crippen LogP contribution in [0.25, 0.3) is 16.9 Å². The SMILES string of the molecule is Cc1cnn2c(NCC3CCN(C(=O)c4ccccc4O)CC3)cc(-c3ccccc3O)nc12. The molecule has 8 nitrogen and oxygen atoms in total.